The summed E-state index contributed by atoms with van der Waals surface area (Å²) in [5, 5.41) is 15.6. The maximum Gasteiger partial charge on any atom is 0.181 e. The minimum Gasteiger partial charge on any atom is -0.493 e. The third kappa shape index (κ3) is 2.43. The van der Waals surface area contributed by atoms with Gasteiger partial charge in [0, 0.05) is 5.56 Å². The maximum atomic E-state index is 8.93. The maximum absolute atomic E-state index is 8.93. The summed E-state index contributed by atoms with van der Waals surface area (Å²) in [6, 6.07) is 5.46. The summed E-state index contributed by atoms with van der Waals surface area (Å²) in [7, 11) is 1.58. The lowest BCUT2D eigenvalue weighted by Crippen LogP contribution is -1.95. The molecule has 0 radical (unpaired) electrons. The summed E-state index contributed by atoms with van der Waals surface area (Å²) < 4.78 is 10.7. The van der Waals surface area contributed by atoms with Gasteiger partial charge in [-0.3, -0.25) is 5.10 Å². The number of nitrogens with zero attached hydrogens (tertiary/aromatic N) is 2. The molecule has 0 spiro atoms. The van der Waals surface area contributed by atoms with Crippen LogP contribution in [0.1, 0.15) is 12.7 Å². The topological polar surface area (TPSA) is 80.3 Å². The van der Waals surface area contributed by atoms with Crippen molar-refractivity contribution in [2.45, 2.75) is 13.5 Å². The molecule has 0 fully saturated rings. The predicted molar refractivity (Wildman–Crippen MR) is 65.5 cm³/mol. The minimum atomic E-state index is -0.166. The Balaban J connectivity index is 2.34. The van der Waals surface area contributed by atoms with Crippen molar-refractivity contribution in [1.82, 2.24) is 15.2 Å². The Labute approximate surface area is 105 Å². The van der Waals surface area contributed by atoms with E-state index in [1.807, 2.05) is 19.1 Å². The molecule has 0 aliphatic heterocycles. The molecule has 0 bridgehead atoms. The van der Waals surface area contributed by atoms with Gasteiger partial charge in [-0.15, -0.1) is 0 Å². The van der Waals surface area contributed by atoms with Crippen molar-refractivity contribution in [1.29, 1.82) is 0 Å². The van der Waals surface area contributed by atoms with E-state index in [0.717, 1.165) is 5.56 Å². The lowest BCUT2D eigenvalue weighted by atomic mass is 10.2. The van der Waals surface area contributed by atoms with Crippen molar-refractivity contribution in [2.75, 3.05) is 13.7 Å². The van der Waals surface area contributed by atoms with Crippen LogP contribution < -0.4 is 9.47 Å². The van der Waals surface area contributed by atoms with E-state index in [4.69, 9.17) is 14.6 Å². The van der Waals surface area contributed by atoms with Crippen LogP contribution in [0.15, 0.2) is 18.2 Å². The summed E-state index contributed by atoms with van der Waals surface area (Å²) in [4.78, 5) is 4.14. The molecule has 96 valence electrons. The van der Waals surface area contributed by atoms with E-state index >= 15 is 0 Å². The predicted octanol–water partition coefficient (Wildman–Crippen LogP) is 1.37. The smallest absolute Gasteiger partial charge is 0.181 e. The van der Waals surface area contributed by atoms with Gasteiger partial charge in [-0.1, -0.05) is 0 Å². The molecule has 0 aliphatic carbocycles. The molecular formula is C12H15N3O3. The van der Waals surface area contributed by atoms with Crippen LogP contribution in [0.2, 0.25) is 0 Å². The number of hydrogen-bond donors (Lipinski definition) is 2. The third-order valence-electron chi connectivity index (χ3n) is 2.40. The van der Waals surface area contributed by atoms with Crippen LogP contribution >= 0.6 is 0 Å². The second-order valence-corrected chi connectivity index (χ2v) is 3.56. The number of ether oxygens (including phenoxy) is 2. The molecule has 0 amide bonds. The summed E-state index contributed by atoms with van der Waals surface area (Å²) in [6.07, 6.45) is 0. The van der Waals surface area contributed by atoms with Crippen LogP contribution in [-0.2, 0) is 6.61 Å². The Hall–Kier alpha value is -2.08. The van der Waals surface area contributed by atoms with E-state index < -0.39 is 0 Å². The molecule has 6 heteroatoms. The number of aromatic amines is 1. The van der Waals surface area contributed by atoms with E-state index in [1.165, 1.54) is 0 Å². The highest BCUT2D eigenvalue weighted by molar-refractivity contribution is 5.60. The van der Waals surface area contributed by atoms with Gasteiger partial charge >= 0.3 is 0 Å². The lowest BCUT2D eigenvalue weighted by molar-refractivity contribution is 0.272. The lowest BCUT2D eigenvalue weighted by Gasteiger charge is -2.09. The molecule has 2 rings (SSSR count). The third-order valence-corrected chi connectivity index (χ3v) is 2.40. The van der Waals surface area contributed by atoms with Crippen molar-refractivity contribution in [3.05, 3.63) is 24.0 Å². The van der Waals surface area contributed by atoms with Gasteiger partial charge in [0.05, 0.1) is 13.7 Å². The molecule has 1 aromatic heterocycles. The molecule has 1 aromatic carbocycles. The van der Waals surface area contributed by atoms with Gasteiger partial charge in [-0.25, -0.2) is 4.98 Å². The number of rotatable bonds is 5. The average Bonchev–Trinajstić information content (AvgIpc) is 2.88. The molecule has 2 aromatic rings. The molecule has 0 saturated heterocycles. The number of H-pyrrole nitrogens is 1. The van der Waals surface area contributed by atoms with Crippen LogP contribution in [0.4, 0.5) is 0 Å². The van der Waals surface area contributed by atoms with Gasteiger partial charge in [0.15, 0.2) is 23.1 Å². The van der Waals surface area contributed by atoms with E-state index in [2.05, 4.69) is 15.2 Å². The first-order valence-corrected chi connectivity index (χ1v) is 5.61. The minimum absolute atomic E-state index is 0.166. The van der Waals surface area contributed by atoms with Crippen LogP contribution in [-0.4, -0.2) is 34.0 Å². The first-order chi connectivity index (χ1) is 8.78. The zero-order valence-corrected chi connectivity index (χ0v) is 10.3. The number of benzene rings is 1. The Morgan fingerprint density at radius 2 is 2.17 bits per heavy atom. The second kappa shape index (κ2) is 5.50. The highest BCUT2D eigenvalue weighted by Crippen LogP contribution is 2.31. The van der Waals surface area contributed by atoms with Gasteiger partial charge in [-0.2, -0.15) is 5.10 Å². The van der Waals surface area contributed by atoms with Crippen molar-refractivity contribution in [2.24, 2.45) is 0 Å². The quantitative estimate of drug-likeness (QED) is 0.836. The second-order valence-electron chi connectivity index (χ2n) is 3.56. The fourth-order valence-corrected chi connectivity index (χ4v) is 1.58. The van der Waals surface area contributed by atoms with Gasteiger partial charge in [0.25, 0.3) is 0 Å². The first kappa shape index (κ1) is 12.4. The zero-order chi connectivity index (χ0) is 13.0. The molecular weight excluding hydrogens is 234 g/mol. The Morgan fingerprint density at radius 3 is 2.78 bits per heavy atom. The van der Waals surface area contributed by atoms with Crippen LogP contribution in [0.25, 0.3) is 11.4 Å². The molecule has 0 atom stereocenters. The van der Waals surface area contributed by atoms with Gasteiger partial charge in [-0.05, 0) is 25.1 Å². The standard InChI is InChI=1S/C12H15N3O3/c1-3-18-9-5-4-8(6-10(9)17-2)12-13-11(7-16)14-15-12/h4-6,16H,3,7H2,1-2H3,(H,13,14,15). The normalized spacial score (nSPS) is 10.4. The number of methoxy groups -OCH3 is 1. The molecule has 6 nitrogen and oxygen atoms in total. The number of aromatic nitrogens is 3. The zero-order valence-electron chi connectivity index (χ0n) is 10.3. The van der Waals surface area contributed by atoms with E-state index in [-0.39, 0.29) is 6.61 Å². The highest BCUT2D eigenvalue weighted by atomic mass is 16.5. The number of aliphatic hydroxyl groups is 1. The molecule has 0 unspecified atom stereocenters. The van der Waals surface area contributed by atoms with Crippen LogP contribution in [0, 0.1) is 0 Å². The van der Waals surface area contributed by atoms with Crippen molar-refractivity contribution in [3.8, 4) is 22.9 Å². The Kier molecular flexibility index (Phi) is 3.78. The van der Waals surface area contributed by atoms with Gasteiger partial charge < -0.3 is 14.6 Å². The van der Waals surface area contributed by atoms with Gasteiger partial charge in [0.2, 0.25) is 0 Å². The summed E-state index contributed by atoms with van der Waals surface area (Å²) >= 11 is 0. The van der Waals surface area contributed by atoms with Gasteiger partial charge in [0.1, 0.15) is 6.61 Å². The van der Waals surface area contributed by atoms with E-state index in [9.17, 15) is 0 Å². The van der Waals surface area contributed by atoms with Crippen molar-refractivity contribution in [3.63, 3.8) is 0 Å². The highest BCUT2D eigenvalue weighted by Gasteiger charge is 2.10. The molecule has 0 aliphatic rings. The largest absolute Gasteiger partial charge is 0.493 e. The first-order valence-electron chi connectivity index (χ1n) is 5.61. The van der Waals surface area contributed by atoms with Crippen LogP contribution in [0.3, 0.4) is 0 Å². The molecule has 0 saturated carbocycles. The average molecular weight is 249 g/mol. The van der Waals surface area contributed by atoms with E-state index in [0.29, 0.717) is 29.8 Å². The number of hydrogen-bond acceptors (Lipinski definition) is 5. The molecule has 18 heavy (non-hydrogen) atoms. The number of aliphatic hydroxyl groups excluding tert-OH is 1. The summed E-state index contributed by atoms with van der Waals surface area (Å²) in [5.41, 5.74) is 0.797. The van der Waals surface area contributed by atoms with E-state index in [1.54, 1.807) is 13.2 Å². The summed E-state index contributed by atoms with van der Waals surface area (Å²) in [6.45, 7) is 2.32. The van der Waals surface area contributed by atoms with Crippen molar-refractivity contribution >= 4 is 0 Å². The molecule has 2 N–H and O–H groups in total. The fourth-order valence-electron chi connectivity index (χ4n) is 1.58. The van der Waals surface area contributed by atoms with Crippen molar-refractivity contribution < 1.29 is 14.6 Å². The summed E-state index contributed by atoms with van der Waals surface area (Å²) in [5.74, 6) is 2.25. The fraction of sp³-hybridized carbons (Fsp3) is 0.333. The molecule has 1 heterocycles. The SMILES string of the molecule is CCOc1ccc(-c2n[nH]c(CO)n2)cc1OC. The monoisotopic (exact) mass is 249 g/mol. The Morgan fingerprint density at radius 1 is 1.33 bits per heavy atom. The number of nitrogens with one attached hydrogen (secondary N) is 1. The Bertz CT molecular complexity index is 525. The van der Waals surface area contributed by atoms with Crippen LogP contribution in [0.5, 0.6) is 11.5 Å².